The number of amides is 1. The van der Waals surface area contributed by atoms with E-state index in [2.05, 4.69) is 5.32 Å². The summed E-state index contributed by atoms with van der Waals surface area (Å²) in [6, 6.07) is 18.3. The third-order valence-corrected chi connectivity index (χ3v) is 6.09. The molecule has 0 radical (unpaired) electrons. The SMILES string of the molecule is CC(=O)Nc1cccc([As](=O)(O)O)c1O.O=C(c1ccccc1)c1ccccc1[N+](=O)[O-]. The third kappa shape index (κ3) is 6.39. The molecule has 0 aliphatic carbocycles. The zero-order chi connectivity index (χ0) is 23.9. The van der Waals surface area contributed by atoms with Crippen LogP contribution in [0.1, 0.15) is 22.8 Å². The number of nitrogens with one attached hydrogen (secondary N) is 1. The largest absolute Gasteiger partial charge is 0.288 e. The summed E-state index contributed by atoms with van der Waals surface area (Å²) in [4.78, 5) is 33.0. The van der Waals surface area contributed by atoms with Crippen molar-refractivity contribution in [2.75, 3.05) is 5.32 Å². The maximum absolute atomic E-state index is 12.1. The molecular formula is C21H19AsN2O8. The molecule has 0 spiro atoms. The van der Waals surface area contributed by atoms with Crippen LogP contribution in [0.15, 0.2) is 72.8 Å². The number of anilines is 1. The molecule has 0 aliphatic rings. The van der Waals surface area contributed by atoms with E-state index in [9.17, 15) is 28.5 Å². The zero-order valence-corrected chi connectivity index (χ0v) is 18.6. The van der Waals surface area contributed by atoms with Gasteiger partial charge in [-0.1, -0.05) is 42.5 Å². The average Bonchev–Trinajstić information content (AvgIpc) is 2.74. The number of carbonyl (C=O) groups is 2. The molecule has 0 fully saturated rings. The van der Waals surface area contributed by atoms with E-state index in [1.54, 1.807) is 42.5 Å². The molecule has 0 saturated heterocycles. The first-order valence-electron chi connectivity index (χ1n) is 9.01. The van der Waals surface area contributed by atoms with Crippen molar-refractivity contribution >= 4 is 41.6 Å². The van der Waals surface area contributed by atoms with Gasteiger partial charge in [-0.25, -0.2) is 0 Å². The monoisotopic (exact) mass is 502 g/mol. The summed E-state index contributed by atoms with van der Waals surface area (Å²) in [7, 11) is 0. The van der Waals surface area contributed by atoms with Crippen molar-refractivity contribution < 1.29 is 31.5 Å². The predicted molar refractivity (Wildman–Crippen MR) is 116 cm³/mol. The van der Waals surface area contributed by atoms with Crippen LogP contribution >= 0.6 is 0 Å². The van der Waals surface area contributed by atoms with Crippen molar-refractivity contribution in [1.82, 2.24) is 0 Å². The number of carbonyl (C=O) groups excluding carboxylic acids is 2. The molecular weight excluding hydrogens is 483 g/mol. The van der Waals surface area contributed by atoms with Crippen molar-refractivity contribution in [3.8, 4) is 5.75 Å². The maximum Gasteiger partial charge on any atom is 0.280 e. The fourth-order valence-corrected chi connectivity index (χ4v) is 4.05. The Bertz CT molecular complexity index is 1190. The number of hydrogen-bond donors (Lipinski definition) is 4. The van der Waals surface area contributed by atoms with E-state index in [1.807, 2.05) is 0 Å². The fourth-order valence-electron chi connectivity index (χ4n) is 2.63. The van der Waals surface area contributed by atoms with Crippen molar-refractivity contribution in [3.05, 3.63) is 94.0 Å². The summed E-state index contributed by atoms with van der Waals surface area (Å²) in [6.07, 6.45) is 0. The number of hydrogen-bond acceptors (Lipinski definition) is 6. The number of phenols is 1. The molecule has 0 bridgehead atoms. The van der Waals surface area contributed by atoms with E-state index in [0.29, 0.717) is 5.56 Å². The quantitative estimate of drug-likeness (QED) is 0.135. The minimum atomic E-state index is -5.15. The molecule has 3 rings (SSSR count). The Morgan fingerprint density at radius 1 is 0.938 bits per heavy atom. The van der Waals surface area contributed by atoms with Gasteiger partial charge in [0.05, 0.1) is 4.92 Å². The smallest absolute Gasteiger partial charge is 0.280 e. The Labute approximate surface area is 185 Å². The van der Waals surface area contributed by atoms with E-state index in [1.165, 1.54) is 31.2 Å². The van der Waals surface area contributed by atoms with Gasteiger partial charge in [0.15, 0.2) is 5.78 Å². The molecule has 0 aliphatic heterocycles. The number of ketones is 1. The molecule has 0 unspecified atom stereocenters. The fraction of sp³-hybridized carbons (Fsp3) is 0.0476. The summed E-state index contributed by atoms with van der Waals surface area (Å²) in [5, 5.41) is 22.6. The molecule has 1 amide bonds. The second kappa shape index (κ2) is 10.5. The summed E-state index contributed by atoms with van der Waals surface area (Å²) >= 11 is -5.15. The van der Waals surface area contributed by atoms with Gasteiger partial charge in [-0.2, -0.15) is 0 Å². The van der Waals surface area contributed by atoms with Gasteiger partial charge in [0.1, 0.15) is 5.56 Å². The Hall–Kier alpha value is -3.72. The van der Waals surface area contributed by atoms with E-state index in [0.717, 1.165) is 6.07 Å². The molecule has 10 nitrogen and oxygen atoms in total. The van der Waals surface area contributed by atoms with Crippen LogP contribution in [-0.2, 0) is 8.53 Å². The first-order valence-corrected chi connectivity index (χ1v) is 12.4. The van der Waals surface area contributed by atoms with Gasteiger partial charge in [-0.15, -0.1) is 0 Å². The van der Waals surface area contributed by atoms with Crippen molar-refractivity contribution in [2.24, 2.45) is 0 Å². The molecule has 3 aromatic rings. The van der Waals surface area contributed by atoms with E-state index >= 15 is 0 Å². The van der Waals surface area contributed by atoms with Crippen LogP contribution < -0.4 is 9.67 Å². The minimum absolute atomic E-state index is 0.00951. The maximum atomic E-state index is 12.1. The Morgan fingerprint density at radius 2 is 1.53 bits per heavy atom. The molecule has 4 N–H and O–H groups in total. The third-order valence-electron chi connectivity index (χ3n) is 4.02. The number of nitro groups is 1. The van der Waals surface area contributed by atoms with Crippen molar-refractivity contribution in [2.45, 2.75) is 6.92 Å². The van der Waals surface area contributed by atoms with Gasteiger partial charge in [-0.3, -0.25) is 14.9 Å². The summed E-state index contributed by atoms with van der Waals surface area (Å²) < 4.78 is 28.4. The van der Waals surface area contributed by atoms with E-state index in [-0.39, 0.29) is 22.7 Å². The Morgan fingerprint density at radius 3 is 2.09 bits per heavy atom. The van der Waals surface area contributed by atoms with Crippen LogP contribution in [0.2, 0.25) is 0 Å². The number of rotatable bonds is 5. The number of nitrogens with zero attached hydrogens (tertiary/aromatic N) is 1. The summed E-state index contributed by atoms with van der Waals surface area (Å²) in [5.41, 5.74) is 0.386. The van der Waals surface area contributed by atoms with Crippen LogP contribution in [0.3, 0.4) is 0 Å². The Balaban J connectivity index is 0.000000229. The second-order valence-electron chi connectivity index (χ2n) is 6.37. The predicted octanol–water partition coefficient (Wildman–Crippen LogP) is 1.74. The zero-order valence-electron chi connectivity index (χ0n) is 16.7. The Kier molecular flexibility index (Phi) is 8.08. The van der Waals surface area contributed by atoms with Gasteiger partial charge in [0.25, 0.3) is 5.69 Å². The number of benzene rings is 3. The molecule has 0 atom stereocenters. The number of para-hydroxylation sites is 2. The normalized spacial score (nSPS) is 10.5. The summed E-state index contributed by atoms with van der Waals surface area (Å²) in [5.74, 6) is -1.35. The van der Waals surface area contributed by atoms with E-state index < -0.39 is 35.1 Å². The van der Waals surface area contributed by atoms with Crippen molar-refractivity contribution in [3.63, 3.8) is 0 Å². The first-order chi connectivity index (χ1) is 15.0. The number of nitro benzene ring substituents is 1. The van der Waals surface area contributed by atoms with Crippen LogP contribution in [0.4, 0.5) is 11.4 Å². The van der Waals surface area contributed by atoms with E-state index in [4.69, 9.17) is 8.19 Å². The number of aromatic hydroxyl groups is 1. The first kappa shape index (κ1) is 24.5. The van der Waals surface area contributed by atoms with Gasteiger partial charge in [0.2, 0.25) is 0 Å². The van der Waals surface area contributed by atoms with Crippen LogP contribution in [0.5, 0.6) is 5.75 Å². The molecule has 166 valence electrons. The summed E-state index contributed by atoms with van der Waals surface area (Å²) in [6.45, 7) is 1.23. The van der Waals surface area contributed by atoms with Gasteiger partial charge >= 0.3 is 88.1 Å². The molecule has 3 aromatic carbocycles. The molecule has 0 aromatic heterocycles. The van der Waals surface area contributed by atoms with Gasteiger partial charge in [-0.05, 0) is 6.07 Å². The van der Waals surface area contributed by atoms with Crippen LogP contribution in [-0.4, -0.2) is 44.1 Å². The van der Waals surface area contributed by atoms with Gasteiger partial charge < -0.3 is 0 Å². The second-order valence-corrected chi connectivity index (χ2v) is 9.66. The van der Waals surface area contributed by atoms with Crippen LogP contribution in [0.25, 0.3) is 0 Å². The number of phenolic OH excluding ortho intramolecular Hbond substituents is 1. The standard InChI is InChI=1S/C13H9NO3.C8H10AsNO5/c15-13(10-6-2-1-3-7-10)11-8-4-5-9-12(11)14(16)17;1-5(11)10-7-4-2-3-6(8(7)12)9(13,14)15/h1-9H;2-4,12H,1H3,(H,10,11)(H2,13,14,15). The minimum Gasteiger partial charge on any atom is -0.288 e. The average molecular weight is 502 g/mol. The molecule has 32 heavy (non-hydrogen) atoms. The topological polar surface area (TPSA) is 167 Å². The van der Waals surface area contributed by atoms with Crippen molar-refractivity contribution in [1.29, 1.82) is 0 Å². The molecule has 11 heteroatoms. The van der Waals surface area contributed by atoms with Crippen LogP contribution in [0, 0.1) is 10.1 Å². The molecule has 0 saturated carbocycles. The van der Waals surface area contributed by atoms with Gasteiger partial charge in [0, 0.05) is 11.6 Å². The molecule has 0 heterocycles.